The van der Waals surface area contributed by atoms with Crippen LogP contribution in [0.2, 0.25) is 0 Å². The molecule has 1 fully saturated rings. The molecule has 3 atom stereocenters. The van der Waals surface area contributed by atoms with Crippen molar-refractivity contribution in [3.8, 4) is 0 Å². The fraction of sp³-hybridized carbons (Fsp3) is 0.200. The molecule has 1 aliphatic rings. The molecule has 0 aromatic heterocycles. The van der Waals surface area contributed by atoms with Gasteiger partial charge in [0.05, 0.1) is 15.7 Å². The normalized spacial score (nSPS) is 21.8. The summed E-state index contributed by atoms with van der Waals surface area (Å²) in [5.41, 5.74) is 1.37. The molecule has 2 aromatic carbocycles. The molecular formula is C15H13NO4S. The van der Waals surface area contributed by atoms with Crippen LogP contribution in [0.4, 0.5) is 5.69 Å². The van der Waals surface area contributed by atoms with Crippen LogP contribution in [0.25, 0.3) is 0 Å². The molecule has 1 unspecified atom stereocenters. The fourth-order valence-electron chi connectivity index (χ4n) is 2.12. The van der Waals surface area contributed by atoms with E-state index in [-0.39, 0.29) is 11.8 Å². The highest BCUT2D eigenvalue weighted by molar-refractivity contribution is 7.85. The quantitative estimate of drug-likeness (QED) is 0.494. The number of nitro groups is 1. The number of rotatable bonds is 4. The number of ether oxygens (including phenoxy) is 1. The summed E-state index contributed by atoms with van der Waals surface area (Å²) >= 11 is 0. The first kappa shape index (κ1) is 13.9. The Bertz CT molecular complexity index is 714. The Hall–Kier alpha value is -2.05. The molecular weight excluding hydrogens is 290 g/mol. The molecule has 6 heteroatoms. The third kappa shape index (κ3) is 2.86. The molecule has 0 bridgehead atoms. The summed E-state index contributed by atoms with van der Waals surface area (Å²) in [6, 6.07) is 13.7. The standard InChI is InChI=1S/C15H13NO4S/c1-10-5-7-13(8-6-10)21(19)15-14(20-15)11-3-2-4-12(9-11)16(17)18/h2-9,14-15H,1H3/t14-,15-,21?/m0/s1. The molecule has 0 saturated carbocycles. The summed E-state index contributed by atoms with van der Waals surface area (Å²) in [5, 5.41) is 10.8. The van der Waals surface area contributed by atoms with Crippen LogP contribution in [0.1, 0.15) is 17.2 Å². The predicted octanol–water partition coefficient (Wildman–Crippen LogP) is 3.11. The van der Waals surface area contributed by atoms with E-state index in [4.69, 9.17) is 4.74 Å². The van der Waals surface area contributed by atoms with E-state index in [1.165, 1.54) is 12.1 Å². The second kappa shape index (κ2) is 5.38. The van der Waals surface area contributed by atoms with E-state index >= 15 is 0 Å². The molecule has 0 aliphatic carbocycles. The number of aryl methyl sites for hydroxylation is 1. The number of nitro benzene ring substituents is 1. The second-order valence-electron chi connectivity index (χ2n) is 4.89. The summed E-state index contributed by atoms with van der Waals surface area (Å²) in [6.45, 7) is 1.96. The fourth-order valence-corrected chi connectivity index (χ4v) is 3.39. The van der Waals surface area contributed by atoms with Gasteiger partial charge in [0.25, 0.3) is 5.69 Å². The van der Waals surface area contributed by atoms with E-state index in [1.54, 1.807) is 12.1 Å². The number of non-ortho nitro benzene ring substituents is 1. The van der Waals surface area contributed by atoms with Crippen LogP contribution in [0.15, 0.2) is 53.4 Å². The van der Waals surface area contributed by atoms with Gasteiger partial charge >= 0.3 is 0 Å². The van der Waals surface area contributed by atoms with Crippen LogP contribution in [-0.2, 0) is 15.5 Å². The first-order valence-electron chi connectivity index (χ1n) is 6.43. The van der Waals surface area contributed by atoms with Gasteiger partial charge in [-0.2, -0.15) is 0 Å². The molecule has 0 N–H and O–H groups in total. The van der Waals surface area contributed by atoms with Gasteiger partial charge < -0.3 is 4.74 Å². The van der Waals surface area contributed by atoms with Crippen molar-refractivity contribution >= 4 is 16.5 Å². The lowest BCUT2D eigenvalue weighted by atomic mass is 10.1. The average Bonchev–Trinajstić information content (AvgIpc) is 3.28. The van der Waals surface area contributed by atoms with Gasteiger partial charge in [0, 0.05) is 17.0 Å². The minimum absolute atomic E-state index is 0.0165. The number of benzene rings is 2. The monoisotopic (exact) mass is 303 g/mol. The molecule has 1 aliphatic heterocycles. The van der Waals surface area contributed by atoms with E-state index < -0.39 is 21.2 Å². The van der Waals surface area contributed by atoms with Gasteiger partial charge in [-0.3, -0.25) is 14.3 Å². The van der Waals surface area contributed by atoms with Gasteiger partial charge in [0.2, 0.25) is 0 Å². The average molecular weight is 303 g/mol. The van der Waals surface area contributed by atoms with E-state index in [1.807, 2.05) is 31.2 Å². The number of epoxide rings is 1. The van der Waals surface area contributed by atoms with E-state index in [2.05, 4.69) is 0 Å². The zero-order valence-corrected chi connectivity index (χ0v) is 12.1. The predicted molar refractivity (Wildman–Crippen MR) is 78.3 cm³/mol. The van der Waals surface area contributed by atoms with Gasteiger partial charge in [0.1, 0.15) is 6.10 Å². The summed E-state index contributed by atoms with van der Waals surface area (Å²) in [5.74, 6) is 0. The molecule has 21 heavy (non-hydrogen) atoms. The van der Waals surface area contributed by atoms with Crippen molar-refractivity contribution in [2.75, 3.05) is 0 Å². The maximum Gasteiger partial charge on any atom is 0.269 e. The van der Waals surface area contributed by atoms with Crippen molar-refractivity contribution in [2.24, 2.45) is 0 Å². The minimum Gasteiger partial charge on any atom is -0.350 e. The largest absolute Gasteiger partial charge is 0.350 e. The lowest BCUT2D eigenvalue weighted by Crippen LogP contribution is -2.01. The van der Waals surface area contributed by atoms with Gasteiger partial charge in [-0.15, -0.1) is 0 Å². The molecule has 1 saturated heterocycles. The Morgan fingerprint density at radius 1 is 1.19 bits per heavy atom. The summed E-state index contributed by atoms with van der Waals surface area (Å²) in [6.07, 6.45) is -0.341. The Morgan fingerprint density at radius 3 is 2.57 bits per heavy atom. The summed E-state index contributed by atoms with van der Waals surface area (Å²) < 4.78 is 17.8. The molecule has 0 amide bonds. The van der Waals surface area contributed by atoms with Crippen LogP contribution in [0, 0.1) is 17.0 Å². The van der Waals surface area contributed by atoms with Crippen LogP contribution >= 0.6 is 0 Å². The third-order valence-corrected chi connectivity index (χ3v) is 4.84. The van der Waals surface area contributed by atoms with Gasteiger partial charge in [-0.05, 0) is 24.6 Å². The van der Waals surface area contributed by atoms with Crippen molar-refractivity contribution in [1.82, 2.24) is 0 Å². The maximum absolute atomic E-state index is 12.4. The molecule has 1 heterocycles. The zero-order valence-electron chi connectivity index (χ0n) is 11.3. The number of hydrogen-bond acceptors (Lipinski definition) is 4. The second-order valence-corrected chi connectivity index (χ2v) is 6.42. The Morgan fingerprint density at radius 2 is 1.90 bits per heavy atom. The first-order chi connectivity index (χ1) is 10.1. The van der Waals surface area contributed by atoms with E-state index in [0.717, 1.165) is 5.56 Å². The highest BCUT2D eigenvalue weighted by Crippen LogP contribution is 2.43. The topological polar surface area (TPSA) is 72.7 Å². The van der Waals surface area contributed by atoms with Crippen molar-refractivity contribution in [1.29, 1.82) is 0 Å². The zero-order chi connectivity index (χ0) is 15.0. The third-order valence-electron chi connectivity index (χ3n) is 3.33. The Kier molecular flexibility index (Phi) is 3.57. The molecule has 3 rings (SSSR count). The molecule has 0 spiro atoms. The summed E-state index contributed by atoms with van der Waals surface area (Å²) in [7, 11) is -1.27. The first-order valence-corrected chi connectivity index (χ1v) is 7.64. The van der Waals surface area contributed by atoms with Crippen LogP contribution in [-0.4, -0.2) is 14.6 Å². The smallest absolute Gasteiger partial charge is 0.269 e. The van der Waals surface area contributed by atoms with Gasteiger partial charge in [-0.25, -0.2) is 0 Å². The van der Waals surface area contributed by atoms with Crippen LogP contribution in [0.5, 0.6) is 0 Å². The molecule has 108 valence electrons. The lowest BCUT2D eigenvalue weighted by Gasteiger charge is -2.00. The molecule has 5 nitrogen and oxygen atoms in total. The Balaban J connectivity index is 1.77. The molecule has 0 radical (unpaired) electrons. The van der Waals surface area contributed by atoms with Crippen molar-refractivity contribution in [2.45, 2.75) is 23.4 Å². The van der Waals surface area contributed by atoms with Crippen molar-refractivity contribution in [3.63, 3.8) is 0 Å². The van der Waals surface area contributed by atoms with E-state index in [0.29, 0.717) is 10.5 Å². The minimum atomic E-state index is -1.27. The molecule has 2 aromatic rings. The van der Waals surface area contributed by atoms with Crippen LogP contribution in [0.3, 0.4) is 0 Å². The highest BCUT2D eigenvalue weighted by Gasteiger charge is 2.46. The van der Waals surface area contributed by atoms with Crippen molar-refractivity contribution in [3.05, 3.63) is 69.8 Å². The highest BCUT2D eigenvalue weighted by atomic mass is 32.2. The van der Waals surface area contributed by atoms with Gasteiger partial charge in [0.15, 0.2) is 5.44 Å². The SMILES string of the molecule is Cc1ccc(S(=O)[C@@H]2O[C@H]2c2cccc([N+](=O)[O-])c2)cc1. The van der Waals surface area contributed by atoms with Crippen LogP contribution < -0.4 is 0 Å². The number of hydrogen-bond donors (Lipinski definition) is 0. The lowest BCUT2D eigenvalue weighted by molar-refractivity contribution is -0.384. The maximum atomic E-state index is 12.4. The van der Waals surface area contributed by atoms with E-state index in [9.17, 15) is 14.3 Å². The summed E-state index contributed by atoms with van der Waals surface area (Å²) in [4.78, 5) is 11.0. The van der Waals surface area contributed by atoms with Gasteiger partial charge in [-0.1, -0.05) is 29.8 Å². The number of nitrogens with zero attached hydrogens (tertiary/aromatic N) is 1. The van der Waals surface area contributed by atoms with Crippen molar-refractivity contribution < 1.29 is 13.9 Å². The Labute approximate surface area is 124 Å².